The van der Waals surface area contributed by atoms with Gasteiger partial charge in [-0.15, -0.1) is 0 Å². The average molecular weight is 434 g/mol. The summed E-state index contributed by atoms with van der Waals surface area (Å²) in [6, 6.07) is 14.3. The van der Waals surface area contributed by atoms with Crippen molar-refractivity contribution in [1.29, 1.82) is 0 Å². The molecule has 6 heteroatoms. The summed E-state index contributed by atoms with van der Waals surface area (Å²) in [4.78, 5) is 16.9. The fourth-order valence-electron chi connectivity index (χ4n) is 3.91. The Morgan fingerprint density at radius 2 is 1.81 bits per heavy atom. The Hall–Kier alpha value is -3.15. The molecule has 1 atom stereocenters. The van der Waals surface area contributed by atoms with Crippen molar-refractivity contribution in [3.05, 3.63) is 65.0 Å². The van der Waals surface area contributed by atoms with Gasteiger partial charge in [-0.25, -0.2) is 0 Å². The van der Waals surface area contributed by atoms with E-state index in [0.717, 1.165) is 24.2 Å². The van der Waals surface area contributed by atoms with E-state index in [-0.39, 0.29) is 17.9 Å². The predicted octanol–water partition coefficient (Wildman–Crippen LogP) is 5.00. The molecule has 1 N–H and O–H groups in total. The second-order valence-electron chi connectivity index (χ2n) is 9.45. The minimum absolute atomic E-state index is 0.0864. The third-order valence-electron chi connectivity index (χ3n) is 5.89. The second-order valence-corrected chi connectivity index (χ2v) is 9.45. The number of aryl methyl sites for hydroxylation is 2. The van der Waals surface area contributed by atoms with Crippen molar-refractivity contribution < 1.29 is 14.1 Å². The summed E-state index contributed by atoms with van der Waals surface area (Å²) in [6.07, 6.45) is 4.03. The number of ether oxygens (including phenoxy) is 1. The third kappa shape index (κ3) is 5.18. The summed E-state index contributed by atoms with van der Waals surface area (Å²) in [5, 5.41) is 6.86. The lowest BCUT2D eigenvalue weighted by Crippen LogP contribution is -2.36. The molecule has 2 aromatic carbocycles. The molecule has 0 spiro atoms. The van der Waals surface area contributed by atoms with Crippen molar-refractivity contribution in [3.8, 4) is 17.1 Å². The lowest BCUT2D eigenvalue weighted by molar-refractivity contribution is -0.127. The quantitative estimate of drug-likeness (QED) is 0.592. The van der Waals surface area contributed by atoms with Gasteiger partial charge in [-0.3, -0.25) is 4.79 Å². The third-order valence-corrected chi connectivity index (χ3v) is 5.89. The molecule has 0 saturated heterocycles. The van der Waals surface area contributed by atoms with Crippen LogP contribution in [-0.2, 0) is 29.6 Å². The van der Waals surface area contributed by atoms with Gasteiger partial charge in [0.1, 0.15) is 5.75 Å². The average Bonchev–Trinajstić information content (AvgIpc) is 3.26. The molecule has 168 valence electrons. The van der Waals surface area contributed by atoms with Gasteiger partial charge < -0.3 is 14.6 Å². The molecule has 0 fully saturated rings. The molecule has 1 amide bonds. The Morgan fingerprint density at radius 1 is 1.09 bits per heavy atom. The molecule has 32 heavy (non-hydrogen) atoms. The van der Waals surface area contributed by atoms with Crippen molar-refractivity contribution in [3.63, 3.8) is 0 Å². The SMILES string of the molecule is C[C@H](Oc1ccc2c(c1)CCCC2)C(=O)NCc1nc(-c2ccc(C(C)(C)C)cc2)no1. The molecule has 0 bridgehead atoms. The lowest BCUT2D eigenvalue weighted by Gasteiger charge is -2.19. The summed E-state index contributed by atoms with van der Waals surface area (Å²) < 4.78 is 11.2. The zero-order chi connectivity index (χ0) is 22.7. The number of nitrogens with zero attached hydrogens (tertiary/aromatic N) is 2. The van der Waals surface area contributed by atoms with Crippen molar-refractivity contribution in [2.45, 2.75) is 71.4 Å². The van der Waals surface area contributed by atoms with E-state index in [1.54, 1.807) is 6.92 Å². The van der Waals surface area contributed by atoms with Gasteiger partial charge in [-0.2, -0.15) is 4.98 Å². The summed E-state index contributed by atoms with van der Waals surface area (Å²) in [5.41, 5.74) is 4.92. The van der Waals surface area contributed by atoms with E-state index in [0.29, 0.717) is 11.7 Å². The van der Waals surface area contributed by atoms with E-state index in [9.17, 15) is 4.79 Å². The molecular weight excluding hydrogens is 402 g/mol. The van der Waals surface area contributed by atoms with Crippen LogP contribution in [0.3, 0.4) is 0 Å². The van der Waals surface area contributed by atoms with Crippen LogP contribution >= 0.6 is 0 Å². The Morgan fingerprint density at radius 3 is 2.53 bits per heavy atom. The van der Waals surface area contributed by atoms with Crippen molar-refractivity contribution in [2.75, 3.05) is 0 Å². The van der Waals surface area contributed by atoms with Gasteiger partial charge in [0.25, 0.3) is 5.91 Å². The first kappa shape index (κ1) is 22.1. The Bertz CT molecular complexity index is 1080. The van der Waals surface area contributed by atoms with Crippen LogP contribution in [0, 0.1) is 0 Å². The van der Waals surface area contributed by atoms with Crippen LogP contribution in [0.5, 0.6) is 5.75 Å². The first-order chi connectivity index (χ1) is 15.3. The van der Waals surface area contributed by atoms with E-state index in [4.69, 9.17) is 9.26 Å². The number of carbonyl (C=O) groups is 1. The summed E-state index contributed by atoms with van der Waals surface area (Å²) in [5.74, 6) is 1.37. The lowest BCUT2D eigenvalue weighted by atomic mass is 9.87. The van der Waals surface area contributed by atoms with Crippen LogP contribution in [0.15, 0.2) is 47.0 Å². The van der Waals surface area contributed by atoms with Gasteiger partial charge in [-0.05, 0) is 66.8 Å². The first-order valence-electron chi connectivity index (χ1n) is 11.3. The molecule has 0 saturated carbocycles. The van der Waals surface area contributed by atoms with Crippen LogP contribution in [-0.4, -0.2) is 22.2 Å². The van der Waals surface area contributed by atoms with Crippen LogP contribution in [0.2, 0.25) is 0 Å². The van der Waals surface area contributed by atoms with Gasteiger partial charge >= 0.3 is 0 Å². The molecule has 4 rings (SSSR count). The number of fused-ring (bicyclic) bond motifs is 1. The zero-order valence-corrected chi connectivity index (χ0v) is 19.3. The molecule has 1 aliphatic rings. The molecule has 6 nitrogen and oxygen atoms in total. The number of hydrogen-bond acceptors (Lipinski definition) is 5. The predicted molar refractivity (Wildman–Crippen MR) is 123 cm³/mol. The topological polar surface area (TPSA) is 77.2 Å². The molecule has 0 unspecified atom stereocenters. The van der Waals surface area contributed by atoms with E-state index in [1.165, 1.54) is 29.5 Å². The number of nitrogens with one attached hydrogen (secondary N) is 1. The number of amides is 1. The first-order valence-corrected chi connectivity index (χ1v) is 11.3. The van der Waals surface area contributed by atoms with E-state index in [2.05, 4.69) is 60.5 Å². The fourth-order valence-corrected chi connectivity index (χ4v) is 3.91. The Balaban J connectivity index is 1.32. The minimum Gasteiger partial charge on any atom is -0.481 e. The van der Waals surface area contributed by atoms with Crippen molar-refractivity contribution >= 4 is 5.91 Å². The summed E-state index contributed by atoms with van der Waals surface area (Å²) in [7, 11) is 0. The highest BCUT2D eigenvalue weighted by molar-refractivity contribution is 5.80. The minimum atomic E-state index is -0.621. The van der Waals surface area contributed by atoms with Gasteiger partial charge in [-0.1, -0.05) is 56.3 Å². The molecule has 1 aromatic heterocycles. The highest BCUT2D eigenvalue weighted by Gasteiger charge is 2.18. The van der Waals surface area contributed by atoms with Gasteiger partial charge in [0.2, 0.25) is 11.7 Å². The molecule has 1 aliphatic carbocycles. The van der Waals surface area contributed by atoms with Crippen LogP contribution in [0.4, 0.5) is 0 Å². The number of rotatable bonds is 6. The number of benzene rings is 2. The summed E-state index contributed by atoms with van der Waals surface area (Å²) in [6.45, 7) is 8.42. The zero-order valence-electron chi connectivity index (χ0n) is 19.3. The molecule has 1 heterocycles. The molecule has 0 aliphatic heterocycles. The second kappa shape index (κ2) is 9.15. The molecule has 3 aromatic rings. The normalized spacial score (nSPS) is 14.5. The number of carbonyl (C=O) groups excluding carboxylic acids is 1. The maximum Gasteiger partial charge on any atom is 0.261 e. The van der Waals surface area contributed by atoms with Gasteiger partial charge in [0, 0.05) is 5.56 Å². The highest BCUT2D eigenvalue weighted by Crippen LogP contribution is 2.26. The van der Waals surface area contributed by atoms with Crippen LogP contribution in [0.25, 0.3) is 11.4 Å². The Labute approximate surface area is 189 Å². The Kier molecular flexibility index (Phi) is 6.31. The smallest absolute Gasteiger partial charge is 0.261 e. The van der Waals surface area contributed by atoms with Gasteiger partial charge in [0.15, 0.2) is 6.10 Å². The van der Waals surface area contributed by atoms with Crippen LogP contribution in [0.1, 0.15) is 63.1 Å². The maximum atomic E-state index is 12.5. The standard InChI is InChI=1S/C26H31N3O3/c1-17(31-22-14-11-18-7-5-6-8-20(18)15-22)25(30)27-16-23-28-24(29-32-23)19-9-12-21(13-10-19)26(2,3)4/h9-15,17H,5-8,16H2,1-4H3,(H,27,30)/t17-/m0/s1. The van der Waals surface area contributed by atoms with Crippen LogP contribution < -0.4 is 10.1 Å². The monoisotopic (exact) mass is 433 g/mol. The molecule has 0 radical (unpaired) electrons. The molecular formula is C26H31N3O3. The van der Waals surface area contributed by atoms with E-state index in [1.807, 2.05) is 18.2 Å². The fraction of sp³-hybridized carbons (Fsp3) is 0.423. The van der Waals surface area contributed by atoms with Crippen molar-refractivity contribution in [1.82, 2.24) is 15.5 Å². The van der Waals surface area contributed by atoms with E-state index >= 15 is 0 Å². The highest BCUT2D eigenvalue weighted by atomic mass is 16.5. The largest absolute Gasteiger partial charge is 0.481 e. The number of aromatic nitrogens is 2. The summed E-state index contributed by atoms with van der Waals surface area (Å²) >= 11 is 0. The van der Waals surface area contributed by atoms with E-state index < -0.39 is 6.10 Å². The van der Waals surface area contributed by atoms with Gasteiger partial charge in [0.05, 0.1) is 6.54 Å². The maximum absolute atomic E-state index is 12.5. The number of hydrogen-bond donors (Lipinski definition) is 1. The van der Waals surface area contributed by atoms with Crippen molar-refractivity contribution in [2.24, 2.45) is 0 Å².